The molecule has 6 heteroatoms. The van der Waals surface area contributed by atoms with Gasteiger partial charge in [-0.2, -0.15) is 0 Å². The predicted octanol–water partition coefficient (Wildman–Crippen LogP) is 0.0365. The van der Waals surface area contributed by atoms with Gasteiger partial charge in [0, 0.05) is 25.2 Å². The quantitative estimate of drug-likeness (QED) is 0.748. The Morgan fingerprint density at radius 3 is 2.38 bits per heavy atom. The second kappa shape index (κ2) is 5.44. The number of sulfonamides is 1. The Labute approximate surface area is 98.2 Å². The van der Waals surface area contributed by atoms with E-state index in [4.69, 9.17) is 4.74 Å². The highest BCUT2D eigenvalue weighted by atomic mass is 32.2. The fraction of sp³-hybridized carbons (Fsp3) is 1.00. The monoisotopic (exact) mass is 250 g/mol. The lowest BCUT2D eigenvalue weighted by Crippen LogP contribution is -2.56. The van der Waals surface area contributed by atoms with E-state index in [9.17, 15) is 8.42 Å². The zero-order valence-electron chi connectivity index (χ0n) is 10.3. The summed E-state index contributed by atoms with van der Waals surface area (Å²) in [6.07, 6.45) is 2.11. The van der Waals surface area contributed by atoms with E-state index in [2.05, 4.69) is 23.5 Å². The standard InChI is InChI=1S/C10H22N2O3S/c1-4-10(2,9-11-16(3,13)14)12-5-7-15-8-6-12/h11H,4-9H2,1-3H3/t10-/m0/s1. The van der Waals surface area contributed by atoms with Crippen LogP contribution in [0.4, 0.5) is 0 Å². The molecule has 0 saturated carbocycles. The van der Waals surface area contributed by atoms with Crippen LogP contribution < -0.4 is 4.72 Å². The van der Waals surface area contributed by atoms with Crippen molar-refractivity contribution in [3.8, 4) is 0 Å². The Morgan fingerprint density at radius 1 is 1.38 bits per heavy atom. The predicted molar refractivity (Wildman–Crippen MR) is 63.9 cm³/mol. The second-order valence-electron chi connectivity index (χ2n) is 4.54. The van der Waals surface area contributed by atoms with Gasteiger partial charge < -0.3 is 4.74 Å². The summed E-state index contributed by atoms with van der Waals surface area (Å²) in [6.45, 7) is 7.84. The Bertz CT molecular complexity index is 312. The lowest BCUT2D eigenvalue weighted by atomic mass is 9.96. The van der Waals surface area contributed by atoms with Gasteiger partial charge in [0.05, 0.1) is 19.5 Å². The molecule has 0 unspecified atom stereocenters. The van der Waals surface area contributed by atoms with Crippen molar-refractivity contribution in [1.82, 2.24) is 9.62 Å². The normalized spacial score (nSPS) is 22.9. The van der Waals surface area contributed by atoms with E-state index in [0.29, 0.717) is 6.54 Å². The van der Waals surface area contributed by atoms with Crippen LogP contribution in [0.2, 0.25) is 0 Å². The van der Waals surface area contributed by atoms with Gasteiger partial charge in [-0.15, -0.1) is 0 Å². The molecule has 1 aliphatic heterocycles. The molecule has 0 amide bonds. The van der Waals surface area contributed by atoms with Gasteiger partial charge in [-0.05, 0) is 13.3 Å². The van der Waals surface area contributed by atoms with Crippen LogP contribution in [0.25, 0.3) is 0 Å². The molecule has 0 aromatic heterocycles. The highest BCUT2D eigenvalue weighted by Crippen LogP contribution is 2.20. The number of ether oxygens (including phenoxy) is 1. The van der Waals surface area contributed by atoms with Gasteiger partial charge in [-0.3, -0.25) is 4.90 Å². The average Bonchev–Trinajstić information content (AvgIpc) is 2.26. The van der Waals surface area contributed by atoms with Crippen molar-refractivity contribution in [3.05, 3.63) is 0 Å². The van der Waals surface area contributed by atoms with Gasteiger partial charge in [-0.1, -0.05) is 6.92 Å². The van der Waals surface area contributed by atoms with Crippen LogP contribution in [0, 0.1) is 0 Å². The molecule has 1 fully saturated rings. The molecule has 96 valence electrons. The van der Waals surface area contributed by atoms with Gasteiger partial charge in [-0.25, -0.2) is 13.1 Å². The zero-order chi connectivity index (χ0) is 12.2. The molecule has 0 radical (unpaired) electrons. The van der Waals surface area contributed by atoms with Crippen LogP contribution in [0.3, 0.4) is 0 Å². The molecule has 5 nitrogen and oxygen atoms in total. The number of nitrogens with zero attached hydrogens (tertiary/aromatic N) is 1. The minimum atomic E-state index is -3.11. The van der Waals surface area contributed by atoms with Gasteiger partial charge in [0.2, 0.25) is 10.0 Å². The smallest absolute Gasteiger partial charge is 0.208 e. The summed E-state index contributed by atoms with van der Waals surface area (Å²) in [5.41, 5.74) is -0.118. The molecule has 1 saturated heterocycles. The summed E-state index contributed by atoms with van der Waals surface area (Å²) < 4.78 is 30.1. The van der Waals surface area contributed by atoms with Crippen molar-refractivity contribution in [2.75, 3.05) is 39.1 Å². The van der Waals surface area contributed by atoms with Crippen molar-refractivity contribution in [2.45, 2.75) is 25.8 Å². The molecule has 1 atom stereocenters. The average molecular weight is 250 g/mol. The van der Waals surface area contributed by atoms with E-state index in [1.54, 1.807) is 0 Å². The van der Waals surface area contributed by atoms with Gasteiger partial charge in [0.25, 0.3) is 0 Å². The first-order chi connectivity index (χ1) is 7.37. The SMILES string of the molecule is CC[C@@](C)(CNS(C)(=O)=O)N1CCOCC1. The summed E-state index contributed by atoms with van der Waals surface area (Å²) in [7, 11) is -3.11. The van der Waals surface area contributed by atoms with E-state index < -0.39 is 10.0 Å². The molecule has 0 aromatic carbocycles. The minimum absolute atomic E-state index is 0.118. The highest BCUT2D eigenvalue weighted by Gasteiger charge is 2.31. The molecule has 0 bridgehead atoms. The molecule has 1 heterocycles. The van der Waals surface area contributed by atoms with E-state index in [0.717, 1.165) is 32.7 Å². The van der Waals surface area contributed by atoms with Gasteiger partial charge >= 0.3 is 0 Å². The maximum Gasteiger partial charge on any atom is 0.208 e. The second-order valence-corrected chi connectivity index (χ2v) is 6.38. The lowest BCUT2D eigenvalue weighted by molar-refractivity contribution is -0.0157. The van der Waals surface area contributed by atoms with Crippen LogP contribution in [0.15, 0.2) is 0 Å². The first-order valence-electron chi connectivity index (χ1n) is 5.65. The molecule has 0 aliphatic carbocycles. The fourth-order valence-corrected chi connectivity index (χ4v) is 2.42. The van der Waals surface area contributed by atoms with Crippen molar-refractivity contribution >= 4 is 10.0 Å². The topological polar surface area (TPSA) is 58.6 Å². The van der Waals surface area contributed by atoms with Crippen LogP contribution in [0.5, 0.6) is 0 Å². The van der Waals surface area contributed by atoms with Crippen LogP contribution in [0.1, 0.15) is 20.3 Å². The van der Waals surface area contributed by atoms with Gasteiger partial charge in [0.1, 0.15) is 0 Å². The third kappa shape index (κ3) is 4.01. The van der Waals surface area contributed by atoms with Crippen LogP contribution in [-0.4, -0.2) is 58.0 Å². The van der Waals surface area contributed by atoms with Crippen molar-refractivity contribution < 1.29 is 13.2 Å². The molecule has 1 rings (SSSR count). The van der Waals surface area contributed by atoms with E-state index in [1.807, 2.05) is 0 Å². The summed E-state index contributed by atoms with van der Waals surface area (Å²) in [4.78, 5) is 2.30. The number of rotatable bonds is 5. The Morgan fingerprint density at radius 2 is 1.94 bits per heavy atom. The van der Waals surface area contributed by atoms with Crippen LogP contribution >= 0.6 is 0 Å². The first-order valence-corrected chi connectivity index (χ1v) is 7.54. The molecule has 1 N–H and O–H groups in total. The Balaban J connectivity index is 2.60. The molecular weight excluding hydrogens is 228 g/mol. The van der Waals surface area contributed by atoms with Crippen LogP contribution in [-0.2, 0) is 14.8 Å². The summed E-state index contributed by atoms with van der Waals surface area (Å²) >= 11 is 0. The van der Waals surface area contributed by atoms with E-state index >= 15 is 0 Å². The largest absolute Gasteiger partial charge is 0.379 e. The fourth-order valence-electron chi connectivity index (χ4n) is 1.85. The number of nitrogens with one attached hydrogen (secondary N) is 1. The summed E-state index contributed by atoms with van der Waals surface area (Å²) in [6, 6.07) is 0. The number of hydrogen-bond donors (Lipinski definition) is 1. The maximum absolute atomic E-state index is 11.1. The summed E-state index contributed by atoms with van der Waals surface area (Å²) in [5, 5.41) is 0. The van der Waals surface area contributed by atoms with Crippen molar-refractivity contribution in [3.63, 3.8) is 0 Å². The maximum atomic E-state index is 11.1. The van der Waals surface area contributed by atoms with Crippen molar-refractivity contribution in [1.29, 1.82) is 0 Å². The molecule has 0 aromatic rings. The molecular formula is C10H22N2O3S. The van der Waals surface area contributed by atoms with Gasteiger partial charge in [0.15, 0.2) is 0 Å². The first kappa shape index (κ1) is 13.9. The zero-order valence-corrected chi connectivity index (χ0v) is 11.1. The Kier molecular flexibility index (Phi) is 4.73. The molecule has 1 aliphatic rings. The lowest BCUT2D eigenvalue weighted by Gasteiger charge is -2.42. The molecule has 16 heavy (non-hydrogen) atoms. The molecule has 0 spiro atoms. The number of hydrogen-bond acceptors (Lipinski definition) is 4. The highest BCUT2D eigenvalue weighted by molar-refractivity contribution is 7.88. The Hall–Kier alpha value is -0.170. The number of morpholine rings is 1. The third-order valence-electron chi connectivity index (χ3n) is 3.25. The summed E-state index contributed by atoms with van der Waals surface area (Å²) in [5.74, 6) is 0. The van der Waals surface area contributed by atoms with E-state index in [-0.39, 0.29) is 5.54 Å². The third-order valence-corrected chi connectivity index (χ3v) is 3.92. The van der Waals surface area contributed by atoms with E-state index in [1.165, 1.54) is 6.26 Å². The van der Waals surface area contributed by atoms with Crippen molar-refractivity contribution in [2.24, 2.45) is 0 Å². The minimum Gasteiger partial charge on any atom is -0.379 e.